The third-order valence-electron chi connectivity index (χ3n) is 4.27. The first-order valence-electron chi connectivity index (χ1n) is 8.34. The van der Waals surface area contributed by atoms with Crippen LogP contribution in [0.1, 0.15) is 11.1 Å². The van der Waals surface area contributed by atoms with E-state index in [-0.39, 0.29) is 0 Å². The molecule has 0 aliphatic rings. The summed E-state index contributed by atoms with van der Waals surface area (Å²) >= 11 is 1.50. The van der Waals surface area contributed by atoms with E-state index in [0.717, 1.165) is 22.2 Å². The average Bonchev–Trinajstić information content (AvgIpc) is 2.97. The number of thioether (sulfide) groups is 1. The van der Waals surface area contributed by atoms with Crippen LogP contribution >= 0.6 is 11.8 Å². The molecule has 130 valence electrons. The maximum Gasteiger partial charge on any atom is 0.190 e. The van der Waals surface area contributed by atoms with Crippen molar-refractivity contribution in [1.82, 2.24) is 19.7 Å². The zero-order valence-corrected chi connectivity index (χ0v) is 15.5. The molecule has 2 aromatic carbocycles. The Kier molecular flexibility index (Phi) is 4.34. The lowest BCUT2D eigenvalue weighted by Crippen LogP contribution is -2.05. The molecule has 5 nitrogen and oxygen atoms in total. The van der Waals surface area contributed by atoms with Gasteiger partial charge < -0.3 is 5.73 Å². The first-order chi connectivity index (χ1) is 12.7. The van der Waals surface area contributed by atoms with Gasteiger partial charge in [0.05, 0.1) is 17.6 Å². The molecule has 0 unspecified atom stereocenters. The number of hydrogen-bond acceptors (Lipinski definition) is 5. The van der Waals surface area contributed by atoms with Crippen molar-refractivity contribution >= 4 is 28.6 Å². The highest BCUT2D eigenvalue weighted by Crippen LogP contribution is 2.32. The molecule has 6 heteroatoms. The van der Waals surface area contributed by atoms with E-state index in [9.17, 15) is 0 Å². The van der Waals surface area contributed by atoms with Crippen LogP contribution in [0.3, 0.4) is 0 Å². The summed E-state index contributed by atoms with van der Waals surface area (Å²) in [4.78, 5) is 9.30. The number of nitrogens with two attached hydrogens (primary N) is 1. The van der Waals surface area contributed by atoms with Crippen molar-refractivity contribution < 1.29 is 0 Å². The first kappa shape index (κ1) is 16.6. The number of fused-ring (bicyclic) bond motifs is 1. The van der Waals surface area contributed by atoms with Crippen LogP contribution in [0.25, 0.3) is 22.3 Å². The zero-order valence-electron chi connectivity index (χ0n) is 14.7. The van der Waals surface area contributed by atoms with Crippen LogP contribution in [0.2, 0.25) is 0 Å². The van der Waals surface area contributed by atoms with Gasteiger partial charge in [-0.05, 0) is 24.8 Å². The van der Waals surface area contributed by atoms with Gasteiger partial charge in [-0.1, -0.05) is 65.9 Å². The number of hydrogen-bond donors (Lipinski definition) is 1. The molecule has 0 bridgehead atoms. The molecule has 0 fully saturated rings. The van der Waals surface area contributed by atoms with Gasteiger partial charge >= 0.3 is 0 Å². The predicted molar refractivity (Wildman–Crippen MR) is 107 cm³/mol. The van der Waals surface area contributed by atoms with Crippen LogP contribution in [0.15, 0.2) is 59.8 Å². The summed E-state index contributed by atoms with van der Waals surface area (Å²) in [7, 11) is 0. The largest absolute Gasteiger partial charge is 0.383 e. The van der Waals surface area contributed by atoms with Crippen LogP contribution in [-0.2, 0) is 6.54 Å². The third kappa shape index (κ3) is 3.04. The summed E-state index contributed by atoms with van der Waals surface area (Å²) in [6.45, 7) is 2.67. The minimum Gasteiger partial charge on any atom is -0.383 e. The summed E-state index contributed by atoms with van der Waals surface area (Å²) in [5.41, 5.74) is 11.3. The van der Waals surface area contributed by atoms with Crippen LogP contribution in [0, 0.1) is 6.92 Å². The molecule has 0 saturated heterocycles. The number of anilines is 1. The van der Waals surface area contributed by atoms with Crippen molar-refractivity contribution in [2.24, 2.45) is 0 Å². The Bertz CT molecular complexity index is 1070. The Balaban J connectivity index is 1.91. The molecule has 0 spiro atoms. The number of nitrogens with zero attached hydrogens (tertiary/aromatic N) is 4. The smallest absolute Gasteiger partial charge is 0.190 e. The number of aromatic nitrogens is 4. The quantitative estimate of drug-likeness (QED) is 0.437. The fraction of sp³-hybridized carbons (Fsp3) is 0.150. The lowest BCUT2D eigenvalue weighted by atomic mass is 10.1. The van der Waals surface area contributed by atoms with Gasteiger partial charge in [-0.3, -0.25) is 0 Å². The Hall–Kier alpha value is -2.86. The van der Waals surface area contributed by atoms with Crippen LogP contribution in [0.4, 0.5) is 5.82 Å². The molecule has 0 atom stereocenters. The van der Waals surface area contributed by atoms with E-state index in [1.807, 2.05) is 36.6 Å². The molecule has 2 N–H and O–H groups in total. The van der Waals surface area contributed by atoms with E-state index in [0.29, 0.717) is 23.2 Å². The minimum absolute atomic E-state index is 0.591. The fourth-order valence-electron chi connectivity index (χ4n) is 3.00. The second kappa shape index (κ2) is 6.80. The van der Waals surface area contributed by atoms with Crippen molar-refractivity contribution in [2.45, 2.75) is 18.6 Å². The van der Waals surface area contributed by atoms with Gasteiger partial charge in [0.1, 0.15) is 5.82 Å². The molecule has 2 aromatic heterocycles. The summed E-state index contributed by atoms with van der Waals surface area (Å²) in [6, 6.07) is 18.4. The fourth-order valence-corrected chi connectivity index (χ4v) is 3.36. The van der Waals surface area contributed by atoms with E-state index in [4.69, 9.17) is 10.7 Å². The van der Waals surface area contributed by atoms with Gasteiger partial charge in [-0.25, -0.2) is 14.6 Å². The second-order valence-corrected chi connectivity index (χ2v) is 6.93. The van der Waals surface area contributed by atoms with Crippen molar-refractivity contribution in [3.05, 3.63) is 65.7 Å². The number of nitrogen functional groups attached to an aromatic ring is 1. The lowest BCUT2D eigenvalue weighted by molar-refractivity contribution is 0.702. The molecule has 0 aliphatic carbocycles. The van der Waals surface area contributed by atoms with Crippen molar-refractivity contribution in [3.8, 4) is 11.3 Å². The zero-order chi connectivity index (χ0) is 18.1. The molecule has 0 radical (unpaired) electrons. The third-order valence-corrected chi connectivity index (χ3v) is 4.82. The Morgan fingerprint density at radius 3 is 2.58 bits per heavy atom. The van der Waals surface area contributed by atoms with Gasteiger partial charge in [0.15, 0.2) is 10.8 Å². The van der Waals surface area contributed by atoms with Crippen molar-refractivity contribution in [1.29, 1.82) is 0 Å². The number of aryl methyl sites for hydroxylation is 1. The summed E-state index contributed by atoms with van der Waals surface area (Å²) in [5, 5.41) is 6.15. The van der Waals surface area contributed by atoms with E-state index < -0.39 is 0 Å². The van der Waals surface area contributed by atoms with E-state index in [1.165, 1.54) is 17.3 Å². The lowest BCUT2D eigenvalue weighted by Gasteiger charge is -2.07. The van der Waals surface area contributed by atoms with Crippen molar-refractivity contribution in [3.63, 3.8) is 0 Å². The molecule has 2 heterocycles. The molecule has 0 saturated carbocycles. The molecular formula is C20H19N5S. The average molecular weight is 361 g/mol. The second-order valence-electron chi connectivity index (χ2n) is 6.16. The van der Waals surface area contributed by atoms with Gasteiger partial charge in [0.2, 0.25) is 0 Å². The number of rotatable bonds is 4. The van der Waals surface area contributed by atoms with Crippen LogP contribution in [-0.4, -0.2) is 26.0 Å². The normalized spacial score (nSPS) is 11.2. The molecule has 0 amide bonds. The predicted octanol–water partition coefficient (Wildman–Crippen LogP) is 4.15. The Labute approximate surface area is 156 Å². The van der Waals surface area contributed by atoms with Crippen molar-refractivity contribution in [2.75, 3.05) is 12.0 Å². The van der Waals surface area contributed by atoms with E-state index in [1.54, 1.807) is 4.68 Å². The highest BCUT2D eigenvalue weighted by Gasteiger charge is 2.18. The first-order valence-corrected chi connectivity index (χ1v) is 9.57. The molecule has 4 aromatic rings. The molecule has 26 heavy (non-hydrogen) atoms. The maximum atomic E-state index is 6.47. The monoisotopic (exact) mass is 361 g/mol. The molecule has 0 aliphatic heterocycles. The molecule has 4 rings (SSSR count). The van der Waals surface area contributed by atoms with Gasteiger partial charge in [-0.2, -0.15) is 0 Å². The van der Waals surface area contributed by atoms with Gasteiger partial charge in [0, 0.05) is 5.56 Å². The van der Waals surface area contributed by atoms with Crippen LogP contribution < -0.4 is 5.73 Å². The highest BCUT2D eigenvalue weighted by molar-refractivity contribution is 7.98. The van der Waals surface area contributed by atoms with Gasteiger partial charge in [0.25, 0.3) is 0 Å². The highest BCUT2D eigenvalue weighted by atomic mass is 32.2. The van der Waals surface area contributed by atoms with Gasteiger partial charge in [-0.15, -0.1) is 5.10 Å². The maximum absolute atomic E-state index is 6.47. The SMILES string of the molecule is CSc1nc(-c2cccc(C)c2)c2c(N)n(Cc3ccccc3)nc2n1. The summed E-state index contributed by atoms with van der Waals surface area (Å²) in [6.07, 6.45) is 1.96. The summed E-state index contributed by atoms with van der Waals surface area (Å²) in [5.74, 6) is 0.591. The van der Waals surface area contributed by atoms with E-state index in [2.05, 4.69) is 41.3 Å². The minimum atomic E-state index is 0.591. The Morgan fingerprint density at radius 2 is 1.85 bits per heavy atom. The topological polar surface area (TPSA) is 69.6 Å². The molecular weight excluding hydrogens is 342 g/mol. The Morgan fingerprint density at radius 1 is 1.04 bits per heavy atom. The summed E-state index contributed by atoms with van der Waals surface area (Å²) < 4.78 is 1.80. The van der Waals surface area contributed by atoms with E-state index >= 15 is 0 Å². The standard InChI is InChI=1S/C20H19N5S/c1-13-7-6-10-15(11-13)17-16-18(21)25(12-14-8-4-3-5-9-14)24-19(16)23-20(22-17)26-2/h3-11H,12,21H2,1-2H3. The number of benzene rings is 2. The van der Waals surface area contributed by atoms with Crippen LogP contribution in [0.5, 0.6) is 0 Å².